The summed E-state index contributed by atoms with van der Waals surface area (Å²) in [4.78, 5) is 47.8. The molecule has 0 aliphatic carbocycles. The van der Waals surface area contributed by atoms with Crippen molar-refractivity contribution in [3.8, 4) is 5.75 Å². The predicted molar refractivity (Wildman–Crippen MR) is 182 cm³/mol. The molecule has 4 aromatic rings. The lowest BCUT2D eigenvalue weighted by Gasteiger charge is -2.09. The molecule has 0 bridgehead atoms. The first-order valence-corrected chi connectivity index (χ1v) is 15.2. The molecule has 4 aromatic carbocycles. The van der Waals surface area contributed by atoms with Gasteiger partial charge in [-0.3, -0.25) is 19.2 Å². The number of carbonyl (C=O) groups excluding carboxylic acids is 4. The summed E-state index contributed by atoms with van der Waals surface area (Å²) < 4.78 is 4.91. The van der Waals surface area contributed by atoms with E-state index in [1.54, 1.807) is 13.2 Å². The summed E-state index contributed by atoms with van der Waals surface area (Å²) in [6, 6.07) is 38.2. The largest absolute Gasteiger partial charge is 0.497 e. The van der Waals surface area contributed by atoms with E-state index < -0.39 is 0 Å². The van der Waals surface area contributed by atoms with Gasteiger partial charge >= 0.3 is 0 Å². The Labute approximate surface area is 268 Å². The first kappa shape index (κ1) is 36.3. The van der Waals surface area contributed by atoms with E-state index in [2.05, 4.69) is 0 Å². The molecule has 0 heterocycles. The highest BCUT2D eigenvalue weighted by Gasteiger charge is 2.21. The highest BCUT2D eigenvalue weighted by Crippen LogP contribution is 2.16. The normalized spacial score (nSPS) is 10.6. The highest BCUT2D eigenvalue weighted by molar-refractivity contribution is 6.24. The topological polar surface area (TPSA) is 77.5 Å². The van der Waals surface area contributed by atoms with Crippen molar-refractivity contribution in [3.05, 3.63) is 144 Å². The molecule has 0 saturated carbocycles. The smallest absolute Gasteiger partial charge is 0.170 e. The SMILES string of the molecule is CC(C)C(=O)/C(=C\c1ccccc1)C(=O)Cc1ccccc1.CC(C)C(=O)CC(=O)Cc1ccccc1.COc1ccccc1. The molecule has 0 saturated heterocycles. The summed E-state index contributed by atoms with van der Waals surface area (Å²) in [6.45, 7) is 7.27. The summed E-state index contributed by atoms with van der Waals surface area (Å²) in [7, 11) is 1.66. The lowest BCUT2D eigenvalue weighted by molar-refractivity contribution is -0.128. The molecule has 0 atom stereocenters. The number of ether oxygens (including phenoxy) is 1. The van der Waals surface area contributed by atoms with E-state index in [4.69, 9.17) is 4.74 Å². The monoisotopic (exact) mass is 604 g/mol. The van der Waals surface area contributed by atoms with Gasteiger partial charge in [0.2, 0.25) is 0 Å². The van der Waals surface area contributed by atoms with Crippen molar-refractivity contribution >= 4 is 29.2 Å². The van der Waals surface area contributed by atoms with Crippen molar-refractivity contribution in [1.82, 2.24) is 0 Å². The van der Waals surface area contributed by atoms with Gasteiger partial charge in [-0.15, -0.1) is 0 Å². The van der Waals surface area contributed by atoms with Gasteiger partial charge in [0.05, 0.1) is 19.1 Å². The van der Waals surface area contributed by atoms with Gasteiger partial charge in [0, 0.05) is 24.7 Å². The number of ketones is 4. The second-order valence-electron chi connectivity index (χ2n) is 11.1. The van der Waals surface area contributed by atoms with Gasteiger partial charge in [-0.05, 0) is 34.9 Å². The zero-order chi connectivity index (χ0) is 33.0. The molecule has 0 fully saturated rings. The van der Waals surface area contributed by atoms with Crippen molar-refractivity contribution in [2.45, 2.75) is 47.0 Å². The number of hydrogen-bond donors (Lipinski definition) is 0. The lowest BCUT2D eigenvalue weighted by atomic mass is 9.92. The minimum atomic E-state index is -0.199. The van der Waals surface area contributed by atoms with Crippen LogP contribution in [0.25, 0.3) is 6.08 Å². The quantitative estimate of drug-likeness (QED) is 0.0925. The molecule has 5 nitrogen and oxygen atoms in total. The fraction of sp³-hybridized carbons (Fsp3) is 0.250. The van der Waals surface area contributed by atoms with Crippen LogP contribution in [0, 0.1) is 11.8 Å². The van der Waals surface area contributed by atoms with Crippen LogP contribution in [0.5, 0.6) is 5.75 Å². The molecule has 0 N–H and O–H groups in total. The molecule has 45 heavy (non-hydrogen) atoms. The van der Waals surface area contributed by atoms with Crippen molar-refractivity contribution in [1.29, 1.82) is 0 Å². The van der Waals surface area contributed by atoms with Gasteiger partial charge in [0.25, 0.3) is 0 Å². The first-order chi connectivity index (χ1) is 21.6. The second-order valence-corrected chi connectivity index (χ2v) is 11.1. The van der Waals surface area contributed by atoms with Gasteiger partial charge in [-0.2, -0.15) is 0 Å². The molecular formula is C40H44O5. The second kappa shape index (κ2) is 20.1. The molecule has 0 amide bonds. The number of para-hydroxylation sites is 1. The van der Waals surface area contributed by atoms with Crippen LogP contribution in [0.2, 0.25) is 0 Å². The Morgan fingerprint density at radius 1 is 0.600 bits per heavy atom. The van der Waals surface area contributed by atoms with Gasteiger partial charge in [-0.1, -0.05) is 137 Å². The Kier molecular flexibility index (Phi) is 16.2. The lowest BCUT2D eigenvalue weighted by Crippen LogP contribution is -2.19. The van der Waals surface area contributed by atoms with Crippen LogP contribution < -0.4 is 4.74 Å². The Morgan fingerprint density at radius 2 is 1.04 bits per heavy atom. The van der Waals surface area contributed by atoms with E-state index in [1.165, 1.54) is 0 Å². The van der Waals surface area contributed by atoms with Crippen LogP contribution in [-0.4, -0.2) is 30.2 Å². The molecule has 0 radical (unpaired) electrons. The first-order valence-electron chi connectivity index (χ1n) is 15.2. The Morgan fingerprint density at radius 3 is 1.47 bits per heavy atom. The molecule has 0 spiro atoms. The van der Waals surface area contributed by atoms with Crippen LogP contribution >= 0.6 is 0 Å². The van der Waals surface area contributed by atoms with Crippen molar-refractivity contribution < 1.29 is 23.9 Å². The third kappa shape index (κ3) is 14.4. The summed E-state index contributed by atoms with van der Waals surface area (Å²) in [5, 5.41) is 0. The summed E-state index contributed by atoms with van der Waals surface area (Å²) in [6.07, 6.45) is 2.37. The van der Waals surface area contributed by atoms with Gasteiger partial charge < -0.3 is 4.74 Å². The number of benzene rings is 4. The maximum atomic E-state index is 12.6. The van der Waals surface area contributed by atoms with Crippen molar-refractivity contribution in [2.75, 3.05) is 7.11 Å². The van der Waals surface area contributed by atoms with Crippen LogP contribution in [0.3, 0.4) is 0 Å². The highest BCUT2D eigenvalue weighted by atomic mass is 16.5. The molecule has 0 unspecified atom stereocenters. The van der Waals surface area contributed by atoms with Gasteiger partial charge in [-0.25, -0.2) is 0 Å². The predicted octanol–water partition coefficient (Wildman–Crippen LogP) is 8.22. The number of rotatable bonds is 12. The number of methoxy groups -OCH3 is 1. The van der Waals surface area contributed by atoms with Crippen LogP contribution in [0.15, 0.2) is 127 Å². The Bertz CT molecular complexity index is 1490. The van der Waals surface area contributed by atoms with Crippen molar-refractivity contribution in [3.63, 3.8) is 0 Å². The van der Waals surface area contributed by atoms with Crippen LogP contribution in [0.1, 0.15) is 50.8 Å². The molecular weight excluding hydrogens is 560 g/mol. The zero-order valence-corrected chi connectivity index (χ0v) is 26.9. The van der Waals surface area contributed by atoms with E-state index in [0.717, 1.165) is 22.4 Å². The number of allylic oxidation sites excluding steroid dienone is 1. The fourth-order valence-corrected chi connectivity index (χ4v) is 4.03. The van der Waals surface area contributed by atoms with E-state index in [-0.39, 0.29) is 53.4 Å². The Balaban J connectivity index is 0.000000263. The van der Waals surface area contributed by atoms with Gasteiger partial charge in [0.1, 0.15) is 17.3 Å². The van der Waals surface area contributed by atoms with E-state index in [9.17, 15) is 19.2 Å². The summed E-state index contributed by atoms with van der Waals surface area (Å²) in [5.74, 6) is 0.446. The van der Waals surface area contributed by atoms with E-state index >= 15 is 0 Å². The molecule has 234 valence electrons. The number of hydrogen-bond acceptors (Lipinski definition) is 5. The van der Waals surface area contributed by atoms with Crippen LogP contribution in [-0.2, 0) is 32.0 Å². The van der Waals surface area contributed by atoms with Crippen molar-refractivity contribution in [2.24, 2.45) is 11.8 Å². The molecule has 0 aliphatic heterocycles. The maximum absolute atomic E-state index is 12.6. The Hall–Kier alpha value is -4.90. The summed E-state index contributed by atoms with van der Waals surface area (Å²) >= 11 is 0. The summed E-state index contributed by atoms with van der Waals surface area (Å²) in [5.41, 5.74) is 3.04. The minimum Gasteiger partial charge on any atom is -0.497 e. The number of carbonyl (C=O) groups is 4. The van der Waals surface area contributed by atoms with E-state index in [0.29, 0.717) is 6.42 Å². The fourth-order valence-electron chi connectivity index (χ4n) is 4.03. The molecule has 4 rings (SSSR count). The average Bonchev–Trinajstić information content (AvgIpc) is 3.05. The maximum Gasteiger partial charge on any atom is 0.170 e. The average molecular weight is 605 g/mol. The van der Waals surface area contributed by atoms with Gasteiger partial charge in [0.15, 0.2) is 11.6 Å². The third-order valence-electron chi connectivity index (χ3n) is 6.65. The number of Topliss-reactive ketones (excluding diaryl/α,β-unsaturated/α-hetero) is 4. The standard InChI is InChI=1S/C20H20O2.C13H16O2.C7H8O/c1-15(2)20(22)18(13-16-9-5-3-6-10-16)19(21)14-17-11-7-4-8-12-17;1-10(2)13(15)9-12(14)8-11-6-4-3-5-7-11;1-8-7-5-3-2-4-6-7/h3-13,15H,14H2,1-2H3;3-7,10H,8-9H2,1-2H3;2-6H,1H3/b18-13-;;. The zero-order valence-electron chi connectivity index (χ0n) is 26.9. The van der Waals surface area contributed by atoms with Crippen LogP contribution in [0.4, 0.5) is 0 Å². The molecule has 0 aliphatic rings. The van der Waals surface area contributed by atoms with E-state index in [1.807, 2.05) is 149 Å². The molecule has 0 aromatic heterocycles. The third-order valence-corrected chi connectivity index (χ3v) is 6.65. The minimum absolute atomic E-state index is 0.0000926. The molecule has 5 heteroatoms.